The van der Waals surface area contributed by atoms with E-state index in [1.54, 1.807) is 29.9 Å². The van der Waals surface area contributed by atoms with Crippen molar-refractivity contribution in [3.8, 4) is 10.6 Å². The molecule has 1 aliphatic heterocycles. The molecule has 1 fully saturated rings. The van der Waals surface area contributed by atoms with Gasteiger partial charge in [-0.25, -0.2) is 15.0 Å². The van der Waals surface area contributed by atoms with Crippen molar-refractivity contribution in [1.82, 2.24) is 19.9 Å². The highest BCUT2D eigenvalue weighted by molar-refractivity contribution is 7.13. The Balaban J connectivity index is 1.31. The van der Waals surface area contributed by atoms with Crippen LogP contribution >= 0.6 is 11.3 Å². The fraction of sp³-hybridized carbons (Fsp3) is 0.217. The molecule has 1 amide bonds. The molecule has 0 aliphatic carbocycles. The molecule has 5 rings (SSSR count). The number of nitrogens with one attached hydrogen (secondary N) is 1. The first-order chi connectivity index (χ1) is 15.2. The van der Waals surface area contributed by atoms with Gasteiger partial charge in [-0.15, -0.1) is 11.3 Å². The number of anilines is 2. The molecule has 31 heavy (non-hydrogen) atoms. The van der Waals surface area contributed by atoms with Crippen molar-refractivity contribution >= 4 is 39.7 Å². The number of fused-ring (bicyclic) bond motifs is 1. The summed E-state index contributed by atoms with van der Waals surface area (Å²) in [5, 5.41) is 7.83. The Morgan fingerprint density at radius 3 is 2.58 bits per heavy atom. The second-order valence-corrected chi connectivity index (χ2v) is 8.51. The molecule has 1 aromatic carbocycles. The number of hydrogen-bond donors (Lipinski definition) is 1. The van der Waals surface area contributed by atoms with Gasteiger partial charge < -0.3 is 15.1 Å². The minimum Gasteiger partial charge on any atom is -0.354 e. The molecule has 156 valence electrons. The van der Waals surface area contributed by atoms with E-state index in [4.69, 9.17) is 0 Å². The topological polar surface area (TPSA) is 74.2 Å². The molecular weight excluding hydrogens is 408 g/mol. The Bertz CT molecular complexity index is 1200. The lowest BCUT2D eigenvalue weighted by Gasteiger charge is -2.33. The van der Waals surface area contributed by atoms with Crippen LogP contribution in [0.3, 0.4) is 0 Å². The van der Waals surface area contributed by atoms with Gasteiger partial charge in [0.1, 0.15) is 16.6 Å². The fourth-order valence-corrected chi connectivity index (χ4v) is 4.28. The molecule has 0 atom stereocenters. The van der Waals surface area contributed by atoms with Crippen LogP contribution in [-0.2, 0) is 0 Å². The standard InChI is InChI=1S/C23H22N6OS/c1-28-7-9-29(10-8-28)21-5-4-18(15-26-21)22(30)27-20-13-19-12-16(23-24-6-11-31-23)2-3-17(19)14-25-20/h2-6,11-15H,7-10H2,1H3,(H,25,27,30). The molecular formula is C23H22N6OS. The summed E-state index contributed by atoms with van der Waals surface area (Å²) in [4.78, 5) is 30.5. The number of pyridine rings is 2. The van der Waals surface area contributed by atoms with Gasteiger partial charge in [0.25, 0.3) is 5.91 Å². The minimum atomic E-state index is -0.222. The van der Waals surface area contributed by atoms with Crippen molar-refractivity contribution < 1.29 is 4.79 Å². The maximum Gasteiger partial charge on any atom is 0.258 e. The minimum absolute atomic E-state index is 0.222. The van der Waals surface area contributed by atoms with Crippen molar-refractivity contribution in [3.63, 3.8) is 0 Å². The normalized spacial score (nSPS) is 14.7. The van der Waals surface area contributed by atoms with E-state index in [0.29, 0.717) is 11.4 Å². The van der Waals surface area contributed by atoms with Gasteiger partial charge in [-0.3, -0.25) is 4.79 Å². The fourth-order valence-electron chi connectivity index (χ4n) is 3.64. The van der Waals surface area contributed by atoms with Gasteiger partial charge in [0.05, 0.1) is 5.56 Å². The van der Waals surface area contributed by atoms with E-state index in [1.807, 2.05) is 35.7 Å². The number of hydrogen-bond acceptors (Lipinski definition) is 7. The molecule has 0 radical (unpaired) electrons. The molecule has 8 heteroatoms. The largest absolute Gasteiger partial charge is 0.354 e. The van der Waals surface area contributed by atoms with E-state index in [1.165, 1.54) is 0 Å². The molecule has 4 aromatic rings. The molecule has 0 spiro atoms. The molecule has 7 nitrogen and oxygen atoms in total. The number of benzene rings is 1. The number of thiazole rings is 1. The Kier molecular flexibility index (Phi) is 5.31. The van der Waals surface area contributed by atoms with Crippen molar-refractivity contribution in [2.24, 2.45) is 0 Å². The summed E-state index contributed by atoms with van der Waals surface area (Å²) in [5.74, 6) is 1.19. The van der Waals surface area contributed by atoms with Crippen LogP contribution in [0.25, 0.3) is 21.3 Å². The second kappa shape index (κ2) is 8.41. The Hall–Kier alpha value is -3.36. The predicted molar refractivity (Wildman–Crippen MR) is 125 cm³/mol. The summed E-state index contributed by atoms with van der Waals surface area (Å²) < 4.78 is 0. The van der Waals surface area contributed by atoms with E-state index in [2.05, 4.69) is 43.2 Å². The molecule has 0 unspecified atom stereocenters. The van der Waals surface area contributed by atoms with Crippen molar-refractivity contribution in [2.45, 2.75) is 0 Å². The molecule has 0 bridgehead atoms. The predicted octanol–water partition coefficient (Wildman–Crippen LogP) is 3.76. The van der Waals surface area contributed by atoms with Gasteiger partial charge in [-0.05, 0) is 36.7 Å². The zero-order valence-corrected chi connectivity index (χ0v) is 18.0. The summed E-state index contributed by atoms with van der Waals surface area (Å²) >= 11 is 1.60. The Labute approximate surface area is 184 Å². The zero-order chi connectivity index (χ0) is 21.2. The van der Waals surface area contributed by atoms with Crippen LogP contribution in [0.2, 0.25) is 0 Å². The smallest absolute Gasteiger partial charge is 0.258 e. The lowest BCUT2D eigenvalue weighted by Crippen LogP contribution is -2.44. The zero-order valence-electron chi connectivity index (χ0n) is 17.2. The third kappa shape index (κ3) is 4.26. The maximum atomic E-state index is 12.7. The highest BCUT2D eigenvalue weighted by atomic mass is 32.1. The van der Waals surface area contributed by atoms with Crippen molar-refractivity contribution in [3.05, 3.63) is 65.9 Å². The number of amides is 1. The van der Waals surface area contributed by atoms with Crippen LogP contribution in [0.1, 0.15) is 10.4 Å². The highest BCUT2D eigenvalue weighted by Gasteiger charge is 2.16. The lowest BCUT2D eigenvalue weighted by molar-refractivity contribution is 0.102. The monoisotopic (exact) mass is 430 g/mol. The van der Waals surface area contributed by atoms with E-state index < -0.39 is 0 Å². The van der Waals surface area contributed by atoms with Crippen LogP contribution in [0, 0.1) is 0 Å². The number of nitrogens with zero attached hydrogens (tertiary/aromatic N) is 5. The highest BCUT2D eigenvalue weighted by Crippen LogP contribution is 2.27. The molecule has 0 saturated carbocycles. The van der Waals surface area contributed by atoms with Crippen LogP contribution in [0.15, 0.2) is 60.4 Å². The Morgan fingerprint density at radius 2 is 1.84 bits per heavy atom. The number of aromatic nitrogens is 3. The number of carbonyl (C=O) groups excluding carboxylic acids is 1. The van der Waals surface area contributed by atoms with E-state index in [9.17, 15) is 4.79 Å². The van der Waals surface area contributed by atoms with Crippen molar-refractivity contribution in [1.29, 1.82) is 0 Å². The number of piperazine rings is 1. The average Bonchev–Trinajstić information content (AvgIpc) is 3.34. The SMILES string of the molecule is CN1CCN(c2ccc(C(=O)Nc3cc4cc(-c5nccs5)ccc4cn3)cn2)CC1. The Morgan fingerprint density at radius 1 is 0.968 bits per heavy atom. The van der Waals surface area contributed by atoms with E-state index in [0.717, 1.165) is 53.3 Å². The number of rotatable bonds is 4. The molecule has 1 saturated heterocycles. The maximum absolute atomic E-state index is 12.7. The first-order valence-corrected chi connectivity index (χ1v) is 11.0. The van der Waals surface area contributed by atoms with Gasteiger partial charge in [-0.2, -0.15) is 0 Å². The molecule has 3 aromatic heterocycles. The number of carbonyl (C=O) groups is 1. The van der Waals surface area contributed by atoms with Gasteiger partial charge in [0, 0.05) is 61.1 Å². The summed E-state index contributed by atoms with van der Waals surface area (Å²) in [6.45, 7) is 3.92. The lowest BCUT2D eigenvalue weighted by atomic mass is 10.1. The van der Waals surface area contributed by atoms with Crippen LogP contribution in [0.5, 0.6) is 0 Å². The number of likely N-dealkylation sites (N-methyl/N-ethyl adjacent to an activating group) is 1. The molecule has 4 heterocycles. The summed E-state index contributed by atoms with van der Waals surface area (Å²) in [6.07, 6.45) is 5.20. The average molecular weight is 431 g/mol. The van der Waals surface area contributed by atoms with Gasteiger partial charge in [0.15, 0.2) is 0 Å². The van der Waals surface area contributed by atoms with Gasteiger partial charge in [0.2, 0.25) is 0 Å². The molecule has 1 N–H and O–H groups in total. The first kappa shape index (κ1) is 19.6. The van der Waals surface area contributed by atoms with Gasteiger partial charge in [-0.1, -0.05) is 12.1 Å². The summed E-state index contributed by atoms with van der Waals surface area (Å²) in [6, 6.07) is 11.7. The third-order valence-corrected chi connectivity index (χ3v) is 6.30. The quantitative estimate of drug-likeness (QED) is 0.531. The third-order valence-electron chi connectivity index (χ3n) is 5.48. The van der Waals surface area contributed by atoms with Crippen LogP contribution < -0.4 is 10.2 Å². The first-order valence-electron chi connectivity index (χ1n) is 10.2. The van der Waals surface area contributed by atoms with E-state index >= 15 is 0 Å². The van der Waals surface area contributed by atoms with Crippen LogP contribution in [0.4, 0.5) is 11.6 Å². The van der Waals surface area contributed by atoms with E-state index in [-0.39, 0.29) is 5.91 Å². The van der Waals surface area contributed by atoms with Crippen molar-refractivity contribution in [2.75, 3.05) is 43.4 Å². The summed E-state index contributed by atoms with van der Waals surface area (Å²) in [7, 11) is 2.12. The second-order valence-electron chi connectivity index (χ2n) is 7.62. The van der Waals surface area contributed by atoms with Gasteiger partial charge >= 0.3 is 0 Å². The summed E-state index contributed by atoms with van der Waals surface area (Å²) in [5.41, 5.74) is 1.56. The molecule has 1 aliphatic rings. The van der Waals surface area contributed by atoms with Crippen LogP contribution in [-0.4, -0.2) is 59.0 Å².